The van der Waals surface area contributed by atoms with Crippen molar-refractivity contribution in [1.29, 1.82) is 0 Å². The van der Waals surface area contributed by atoms with Crippen molar-refractivity contribution in [3.05, 3.63) is 193 Å². The lowest BCUT2D eigenvalue weighted by molar-refractivity contribution is 0.660. The molecule has 0 aromatic heterocycles. The Morgan fingerprint density at radius 1 is 0.415 bits per heavy atom. The van der Waals surface area contributed by atoms with Crippen LogP contribution >= 0.6 is 0 Å². The first kappa shape index (κ1) is 30.0. The van der Waals surface area contributed by atoms with E-state index in [2.05, 4.69) is 206 Å². The maximum atomic E-state index is 2.46. The summed E-state index contributed by atoms with van der Waals surface area (Å²) >= 11 is 0. The first-order valence-corrected chi connectivity index (χ1v) is 18.5. The number of anilines is 6. The molecular weight excluding hydrogens is 641 g/mol. The van der Waals surface area contributed by atoms with E-state index in [-0.39, 0.29) is 5.41 Å². The number of hydrogen-bond donors (Lipinski definition) is 0. The molecule has 9 aromatic rings. The van der Waals surface area contributed by atoms with Gasteiger partial charge in [0.2, 0.25) is 0 Å². The second-order valence-corrected chi connectivity index (χ2v) is 15.0. The van der Waals surface area contributed by atoms with Crippen LogP contribution in [-0.2, 0) is 5.41 Å². The molecule has 0 bridgehead atoms. The van der Waals surface area contributed by atoms with E-state index in [1.807, 2.05) is 0 Å². The van der Waals surface area contributed by atoms with Gasteiger partial charge in [0.15, 0.2) is 0 Å². The standard InChI is InChI=1S/C51H36N2/c1-51(2)45-21-8-7-19-41(45)42-29-28-39(32-46(42)51)52(47-22-10-15-33-12-5-6-18-40(33)47)37-24-26-38(27-25-37)53-48-23-11-17-34-16-9-20-43(50(34)48)44-30-35-13-3-4-14-36(35)31-49(44)53/h3-32H,1-2H3. The predicted molar refractivity (Wildman–Crippen MR) is 225 cm³/mol. The molecule has 0 N–H and O–H groups in total. The van der Waals surface area contributed by atoms with Gasteiger partial charge in [-0.05, 0) is 110 Å². The fourth-order valence-electron chi connectivity index (χ4n) is 9.18. The molecule has 1 heterocycles. The Hall–Kier alpha value is -6.64. The molecule has 0 amide bonds. The SMILES string of the molecule is CC1(C)c2ccccc2-c2ccc(N(c3ccc(N4c5cc6ccccc6cc5-c5cccc6cccc4c56)cc3)c3cccc4ccccc34)cc21. The van der Waals surface area contributed by atoms with Crippen LogP contribution in [-0.4, -0.2) is 0 Å². The molecule has 250 valence electrons. The lowest BCUT2D eigenvalue weighted by Crippen LogP contribution is -2.17. The highest BCUT2D eigenvalue weighted by molar-refractivity contribution is 6.15. The third-order valence-corrected chi connectivity index (χ3v) is 11.7. The van der Waals surface area contributed by atoms with E-state index in [1.54, 1.807) is 0 Å². The van der Waals surface area contributed by atoms with Crippen molar-refractivity contribution in [3.63, 3.8) is 0 Å². The largest absolute Gasteiger partial charge is 0.310 e. The summed E-state index contributed by atoms with van der Waals surface area (Å²) < 4.78 is 0. The second kappa shape index (κ2) is 11.2. The number of fused-ring (bicyclic) bond motifs is 7. The molecule has 9 aromatic carbocycles. The zero-order chi connectivity index (χ0) is 35.3. The molecule has 0 atom stereocenters. The molecule has 0 saturated carbocycles. The molecule has 1 aliphatic carbocycles. The lowest BCUT2D eigenvalue weighted by atomic mass is 9.82. The van der Waals surface area contributed by atoms with Crippen LogP contribution in [0.5, 0.6) is 0 Å². The quantitative estimate of drug-likeness (QED) is 0.183. The third kappa shape index (κ3) is 4.39. The monoisotopic (exact) mass is 676 g/mol. The summed E-state index contributed by atoms with van der Waals surface area (Å²) in [6.07, 6.45) is 0. The number of nitrogens with zero attached hydrogens (tertiary/aromatic N) is 2. The molecule has 53 heavy (non-hydrogen) atoms. The summed E-state index contributed by atoms with van der Waals surface area (Å²) in [6, 6.07) is 67.3. The molecule has 2 aliphatic rings. The van der Waals surface area contributed by atoms with E-state index in [1.165, 1.54) is 77.1 Å². The summed E-state index contributed by atoms with van der Waals surface area (Å²) in [5.41, 5.74) is 14.9. The van der Waals surface area contributed by atoms with Gasteiger partial charge in [-0.2, -0.15) is 0 Å². The van der Waals surface area contributed by atoms with Gasteiger partial charge in [0.25, 0.3) is 0 Å². The van der Waals surface area contributed by atoms with E-state index in [4.69, 9.17) is 0 Å². The Bertz CT molecular complexity index is 2920. The zero-order valence-corrected chi connectivity index (χ0v) is 29.7. The van der Waals surface area contributed by atoms with Crippen molar-refractivity contribution in [2.75, 3.05) is 9.80 Å². The van der Waals surface area contributed by atoms with Crippen LogP contribution in [0.1, 0.15) is 25.0 Å². The number of benzene rings is 9. The van der Waals surface area contributed by atoms with Crippen molar-refractivity contribution in [1.82, 2.24) is 0 Å². The van der Waals surface area contributed by atoms with E-state index < -0.39 is 0 Å². The Kier molecular flexibility index (Phi) is 6.33. The third-order valence-electron chi connectivity index (χ3n) is 11.7. The molecule has 0 saturated heterocycles. The summed E-state index contributed by atoms with van der Waals surface area (Å²) in [5, 5.41) is 7.49. The van der Waals surface area contributed by atoms with Crippen LogP contribution < -0.4 is 9.80 Å². The van der Waals surface area contributed by atoms with Crippen molar-refractivity contribution in [3.8, 4) is 22.3 Å². The van der Waals surface area contributed by atoms with E-state index >= 15 is 0 Å². The molecule has 0 spiro atoms. The number of rotatable bonds is 4. The van der Waals surface area contributed by atoms with Crippen LogP contribution in [0.25, 0.3) is 54.6 Å². The molecular formula is C51H36N2. The van der Waals surface area contributed by atoms with Crippen LogP contribution in [0.2, 0.25) is 0 Å². The van der Waals surface area contributed by atoms with Gasteiger partial charge in [0.05, 0.1) is 17.1 Å². The first-order valence-electron chi connectivity index (χ1n) is 18.5. The highest BCUT2D eigenvalue weighted by Crippen LogP contribution is 2.53. The highest BCUT2D eigenvalue weighted by atomic mass is 15.2. The fourth-order valence-corrected chi connectivity index (χ4v) is 9.18. The van der Waals surface area contributed by atoms with E-state index in [0.717, 1.165) is 22.7 Å². The molecule has 1 aliphatic heterocycles. The minimum absolute atomic E-state index is 0.0979. The fraction of sp³-hybridized carbons (Fsp3) is 0.0588. The Labute approximate surface area is 309 Å². The van der Waals surface area contributed by atoms with Crippen molar-refractivity contribution < 1.29 is 0 Å². The van der Waals surface area contributed by atoms with Crippen molar-refractivity contribution in [2.45, 2.75) is 19.3 Å². The topological polar surface area (TPSA) is 6.48 Å². The second-order valence-electron chi connectivity index (χ2n) is 15.0. The van der Waals surface area contributed by atoms with Crippen LogP contribution in [0, 0.1) is 0 Å². The molecule has 11 rings (SSSR count). The zero-order valence-electron chi connectivity index (χ0n) is 29.7. The first-order chi connectivity index (χ1) is 26.0. The Balaban J connectivity index is 1.10. The summed E-state index contributed by atoms with van der Waals surface area (Å²) in [7, 11) is 0. The highest BCUT2D eigenvalue weighted by Gasteiger charge is 2.36. The normalized spacial score (nSPS) is 13.6. The summed E-state index contributed by atoms with van der Waals surface area (Å²) in [6.45, 7) is 4.72. The van der Waals surface area contributed by atoms with E-state index in [9.17, 15) is 0 Å². The van der Waals surface area contributed by atoms with Crippen molar-refractivity contribution >= 4 is 66.4 Å². The van der Waals surface area contributed by atoms with Gasteiger partial charge in [0.1, 0.15) is 0 Å². The Morgan fingerprint density at radius 2 is 1.04 bits per heavy atom. The summed E-state index contributed by atoms with van der Waals surface area (Å²) in [5.74, 6) is 0. The van der Waals surface area contributed by atoms with Gasteiger partial charge in [-0.3, -0.25) is 0 Å². The smallest absolute Gasteiger partial charge is 0.0546 e. The average molecular weight is 677 g/mol. The minimum atomic E-state index is -0.0979. The maximum absolute atomic E-state index is 2.46. The summed E-state index contributed by atoms with van der Waals surface area (Å²) in [4.78, 5) is 4.90. The molecule has 0 unspecified atom stereocenters. The van der Waals surface area contributed by atoms with Crippen LogP contribution in [0.15, 0.2) is 182 Å². The van der Waals surface area contributed by atoms with Gasteiger partial charge in [-0.25, -0.2) is 0 Å². The number of hydrogen-bond acceptors (Lipinski definition) is 2. The molecule has 2 heteroatoms. The average Bonchev–Trinajstić information content (AvgIpc) is 3.43. The molecule has 0 radical (unpaired) electrons. The van der Waals surface area contributed by atoms with Crippen molar-refractivity contribution in [2.24, 2.45) is 0 Å². The van der Waals surface area contributed by atoms with Gasteiger partial charge < -0.3 is 9.80 Å². The molecule has 2 nitrogen and oxygen atoms in total. The van der Waals surface area contributed by atoms with Gasteiger partial charge in [-0.1, -0.05) is 135 Å². The Morgan fingerprint density at radius 3 is 1.89 bits per heavy atom. The van der Waals surface area contributed by atoms with Crippen LogP contribution in [0.4, 0.5) is 34.1 Å². The van der Waals surface area contributed by atoms with Gasteiger partial charge in [0, 0.05) is 38.8 Å². The predicted octanol–water partition coefficient (Wildman–Crippen LogP) is 14.4. The molecule has 0 fully saturated rings. The maximum Gasteiger partial charge on any atom is 0.0546 e. The van der Waals surface area contributed by atoms with Gasteiger partial charge in [-0.15, -0.1) is 0 Å². The minimum Gasteiger partial charge on any atom is -0.310 e. The lowest BCUT2D eigenvalue weighted by Gasteiger charge is -2.34. The van der Waals surface area contributed by atoms with E-state index in [0.29, 0.717) is 0 Å². The van der Waals surface area contributed by atoms with Gasteiger partial charge >= 0.3 is 0 Å². The van der Waals surface area contributed by atoms with Crippen LogP contribution in [0.3, 0.4) is 0 Å².